The van der Waals surface area contributed by atoms with E-state index in [9.17, 15) is 9.59 Å². The highest BCUT2D eigenvalue weighted by molar-refractivity contribution is 5.87. The molecule has 1 saturated heterocycles. The van der Waals surface area contributed by atoms with Crippen molar-refractivity contribution in [3.8, 4) is 5.75 Å². The zero-order chi connectivity index (χ0) is 15.9. The quantitative estimate of drug-likeness (QED) is 0.753. The SMILES string of the molecule is COCCNC(=O)[C@@H]1COC(=O)N1Cc1ccccc1OC. The molecule has 2 rings (SSSR count). The minimum atomic E-state index is -0.644. The number of cyclic esters (lactones) is 1. The minimum Gasteiger partial charge on any atom is -0.496 e. The summed E-state index contributed by atoms with van der Waals surface area (Å²) in [4.78, 5) is 25.4. The van der Waals surface area contributed by atoms with Crippen molar-refractivity contribution in [1.82, 2.24) is 10.2 Å². The zero-order valence-corrected chi connectivity index (χ0v) is 12.7. The Hall–Kier alpha value is -2.28. The summed E-state index contributed by atoms with van der Waals surface area (Å²) in [6.07, 6.45) is -0.502. The Balaban J connectivity index is 2.06. The number of para-hydroxylation sites is 1. The molecule has 1 heterocycles. The van der Waals surface area contributed by atoms with Crippen LogP contribution in [0.5, 0.6) is 5.75 Å². The number of hydrogen-bond acceptors (Lipinski definition) is 5. The van der Waals surface area contributed by atoms with Crippen LogP contribution in [0.3, 0.4) is 0 Å². The van der Waals surface area contributed by atoms with Crippen molar-refractivity contribution in [1.29, 1.82) is 0 Å². The zero-order valence-electron chi connectivity index (χ0n) is 12.7. The second kappa shape index (κ2) is 7.65. The Bertz CT molecular complexity index is 534. The summed E-state index contributed by atoms with van der Waals surface area (Å²) in [7, 11) is 3.12. The number of benzene rings is 1. The van der Waals surface area contributed by atoms with Crippen LogP contribution in [-0.4, -0.2) is 56.9 Å². The Morgan fingerprint density at radius 2 is 2.18 bits per heavy atom. The van der Waals surface area contributed by atoms with E-state index < -0.39 is 12.1 Å². The van der Waals surface area contributed by atoms with E-state index in [1.807, 2.05) is 24.3 Å². The van der Waals surface area contributed by atoms with E-state index >= 15 is 0 Å². The minimum absolute atomic E-state index is 0.0484. The van der Waals surface area contributed by atoms with Crippen molar-refractivity contribution in [3.63, 3.8) is 0 Å². The molecule has 120 valence electrons. The lowest BCUT2D eigenvalue weighted by molar-refractivity contribution is -0.125. The average Bonchev–Trinajstić information content (AvgIpc) is 2.89. The molecule has 0 spiro atoms. The Kier molecular flexibility index (Phi) is 5.60. The van der Waals surface area contributed by atoms with Gasteiger partial charge in [0, 0.05) is 19.2 Å². The molecule has 7 nitrogen and oxygen atoms in total. The predicted molar refractivity (Wildman–Crippen MR) is 78.6 cm³/mol. The molecule has 0 aliphatic carbocycles. The number of amides is 2. The van der Waals surface area contributed by atoms with E-state index in [1.165, 1.54) is 4.90 Å². The fourth-order valence-corrected chi connectivity index (χ4v) is 2.25. The summed E-state index contributed by atoms with van der Waals surface area (Å²) >= 11 is 0. The summed E-state index contributed by atoms with van der Waals surface area (Å²) in [6, 6.07) is 6.72. The monoisotopic (exact) mass is 308 g/mol. The highest BCUT2D eigenvalue weighted by Gasteiger charge is 2.38. The number of carbonyl (C=O) groups excluding carboxylic acids is 2. The van der Waals surface area contributed by atoms with Crippen molar-refractivity contribution in [3.05, 3.63) is 29.8 Å². The third kappa shape index (κ3) is 3.67. The van der Waals surface area contributed by atoms with Gasteiger partial charge in [0.15, 0.2) is 0 Å². The van der Waals surface area contributed by atoms with Crippen LogP contribution in [0.1, 0.15) is 5.56 Å². The predicted octanol–water partition coefficient (Wildman–Crippen LogP) is 0.779. The molecule has 1 aromatic rings. The van der Waals surface area contributed by atoms with Crippen LogP contribution in [0.15, 0.2) is 24.3 Å². The number of carbonyl (C=O) groups is 2. The lowest BCUT2D eigenvalue weighted by atomic mass is 10.1. The fraction of sp³-hybridized carbons (Fsp3) is 0.467. The summed E-state index contributed by atoms with van der Waals surface area (Å²) in [6.45, 7) is 1.11. The van der Waals surface area contributed by atoms with Gasteiger partial charge < -0.3 is 19.5 Å². The smallest absolute Gasteiger partial charge is 0.410 e. The fourth-order valence-electron chi connectivity index (χ4n) is 2.25. The standard InChI is InChI=1S/C15H20N2O5/c1-20-8-7-16-14(18)12-10-22-15(19)17(12)9-11-5-3-4-6-13(11)21-2/h3-6,12H,7-10H2,1-2H3,(H,16,18)/t12-/m0/s1. The van der Waals surface area contributed by atoms with Crippen LogP contribution in [0, 0.1) is 0 Å². The van der Waals surface area contributed by atoms with Crippen LogP contribution in [0.2, 0.25) is 0 Å². The van der Waals surface area contributed by atoms with Gasteiger partial charge in [0.25, 0.3) is 0 Å². The molecule has 1 atom stereocenters. The molecular weight excluding hydrogens is 288 g/mol. The number of ether oxygens (including phenoxy) is 3. The number of rotatable bonds is 7. The van der Waals surface area contributed by atoms with Crippen LogP contribution < -0.4 is 10.1 Å². The first-order valence-corrected chi connectivity index (χ1v) is 6.99. The second-order valence-electron chi connectivity index (χ2n) is 4.82. The summed E-state index contributed by atoms with van der Waals surface area (Å²) in [5, 5.41) is 2.72. The van der Waals surface area contributed by atoms with E-state index in [0.717, 1.165) is 5.56 Å². The molecule has 1 N–H and O–H groups in total. The molecule has 0 unspecified atom stereocenters. The van der Waals surface area contributed by atoms with Gasteiger partial charge in [-0.05, 0) is 6.07 Å². The third-order valence-corrected chi connectivity index (χ3v) is 3.42. The van der Waals surface area contributed by atoms with Gasteiger partial charge in [-0.2, -0.15) is 0 Å². The summed E-state index contributed by atoms with van der Waals surface area (Å²) < 4.78 is 15.2. The molecule has 0 aromatic heterocycles. The van der Waals surface area contributed by atoms with Crippen LogP contribution >= 0.6 is 0 Å². The maximum Gasteiger partial charge on any atom is 0.410 e. The first-order valence-electron chi connectivity index (χ1n) is 6.99. The molecule has 0 radical (unpaired) electrons. The second-order valence-corrected chi connectivity index (χ2v) is 4.82. The van der Waals surface area contributed by atoms with Gasteiger partial charge in [-0.25, -0.2) is 4.79 Å². The van der Waals surface area contributed by atoms with Crippen LogP contribution in [0.4, 0.5) is 4.79 Å². The van der Waals surface area contributed by atoms with Gasteiger partial charge in [0.1, 0.15) is 18.4 Å². The van der Waals surface area contributed by atoms with Crippen molar-refractivity contribution in [2.45, 2.75) is 12.6 Å². The number of hydrogen-bond donors (Lipinski definition) is 1. The molecule has 7 heteroatoms. The molecule has 1 fully saturated rings. The first kappa shape index (κ1) is 16.1. The highest BCUT2D eigenvalue weighted by Crippen LogP contribution is 2.23. The summed E-state index contributed by atoms with van der Waals surface area (Å²) in [5.41, 5.74) is 0.818. The van der Waals surface area contributed by atoms with Crippen molar-refractivity contribution >= 4 is 12.0 Å². The maximum absolute atomic E-state index is 12.1. The van der Waals surface area contributed by atoms with E-state index in [1.54, 1.807) is 14.2 Å². The molecule has 1 aromatic carbocycles. The van der Waals surface area contributed by atoms with E-state index in [-0.39, 0.29) is 19.1 Å². The average molecular weight is 308 g/mol. The Labute approximate surface area is 129 Å². The van der Waals surface area contributed by atoms with Crippen molar-refractivity contribution < 1.29 is 23.8 Å². The molecule has 0 saturated carbocycles. The van der Waals surface area contributed by atoms with Crippen molar-refractivity contribution in [2.75, 3.05) is 34.0 Å². The van der Waals surface area contributed by atoms with E-state index in [0.29, 0.717) is 18.9 Å². The molecular formula is C15H20N2O5. The van der Waals surface area contributed by atoms with E-state index in [4.69, 9.17) is 14.2 Å². The van der Waals surface area contributed by atoms with Gasteiger partial charge in [-0.1, -0.05) is 18.2 Å². The molecule has 22 heavy (non-hydrogen) atoms. The first-order chi connectivity index (χ1) is 10.7. The lowest BCUT2D eigenvalue weighted by Gasteiger charge is -2.21. The largest absolute Gasteiger partial charge is 0.496 e. The van der Waals surface area contributed by atoms with Crippen LogP contribution in [0.25, 0.3) is 0 Å². The number of methoxy groups -OCH3 is 2. The normalized spacial score (nSPS) is 17.3. The Morgan fingerprint density at radius 1 is 1.41 bits per heavy atom. The number of nitrogens with zero attached hydrogens (tertiary/aromatic N) is 1. The van der Waals surface area contributed by atoms with Gasteiger partial charge in [-0.3, -0.25) is 9.69 Å². The third-order valence-electron chi connectivity index (χ3n) is 3.42. The molecule has 1 aliphatic heterocycles. The summed E-state index contributed by atoms with van der Waals surface area (Å²) in [5.74, 6) is 0.415. The molecule has 1 aliphatic rings. The highest BCUT2D eigenvalue weighted by atomic mass is 16.6. The van der Waals surface area contributed by atoms with Crippen molar-refractivity contribution in [2.24, 2.45) is 0 Å². The van der Waals surface area contributed by atoms with Gasteiger partial charge >= 0.3 is 6.09 Å². The lowest BCUT2D eigenvalue weighted by Crippen LogP contribution is -2.46. The maximum atomic E-state index is 12.1. The van der Waals surface area contributed by atoms with Gasteiger partial charge in [0.05, 0.1) is 20.3 Å². The Morgan fingerprint density at radius 3 is 2.91 bits per heavy atom. The van der Waals surface area contributed by atoms with Gasteiger partial charge in [0.2, 0.25) is 5.91 Å². The molecule has 2 amide bonds. The van der Waals surface area contributed by atoms with E-state index in [2.05, 4.69) is 5.32 Å². The number of nitrogens with one attached hydrogen (secondary N) is 1. The van der Waals surface area contributed by atoms with Crippen LogP contribution in [-0.2, 0) is 20.8 Å². The molecule has 0 bridgehead atoms. The topological polar surface area (TPSA) is 77.1 Å². The van der Waals surface area contributed by atoms with Gasteiger partial charge in [-0.15, -0.1) is 0 Å².